The van der Waals surface area contributed by atoms with E-state index in [-0.39, 0.29) is 41.8 Å². The molecule has 146 valence electrons. The molecular weight excluding hydrogens is 337 g/mol. The van der Waals surface area contributed by atoms with Gasteiger partial charge in [-0.2, -0.15) is 0 Å². The molecule has 3 atom stereocenters. The summed E-state index contributed by atoms with van der Waals surface area (Å²) in [5.74, 6) is -1.05. The maximum atomic E-state index is 12.5. The first-order valence-electron chi connectivity index (χ1n) is 9.87. The van der Waals surface area contributed by atoms with Crippen molar-refractivity contribution in [2.75, 3.05) is 19.8 Å². The van der Waals surface area contributed by atoms with Gasteiger partial charge in [0.15, 0.2) is 0 Å². The standard InChI is InChI=1S/C19H30FN3O3/c20-9-3-1-2-4-16(24)23-11-13(10-19(12-23)7-8-19)22-18(26)15-6-5-14(15)17(21)25/h13-15H,1-12H2,(H2,21,25)(H,22,26). The number of piperidine rings is 1. The second-order valence-electron chi connectivity index (χ2n) is 8.38. The first-order chi connectivity index (χ1) is 12.4. The summed E-state index contributed by atoms with van der Waals surface area (Å²) in [6.45, 7) is 0.973. The number of nitrogens with one attached hydrogen (secondary N) is 1. The van der Waals surface area contributed by atoms with E-state index in [1.165, 1.54) is 0 Å². The molecule has 3 rings (SSSR count). The number of rotatable bonds is 8. The Hall–Kier alpha value is -1.66. The second-order valence-corrected chi connectivity index (χ2v) is 8.38. The van der Waals surface area contributed by atoms with E-state index >= 15 is 0 Å². The molecule has 0 radical (unpaired) electrons. The third kappa shape index (κ3) is 4.35. The van der Waals surface area contributed by atoms with E-state index in [1.807, 2.05) is 4.90 Å². The summed E-state index contributed by atoms with van der Waals surface area (Å²) < 4.78 is 12.2. The van der Waals surface area contributed by atoms with Gasteiger partial charge in [0, 0.05) is 37.4 Å². The molecule has 1 aliphatic heterocycles. The fraction of sp³-hybridized carbons (Fsp3) is 0.842. The van der Waals surface area contributed by atoms with E-state index in [4.69, 9.17) is 5.73 Å². The molecule has 3 fully saturated rings. The molecule has 0 aromatic carbocycles. The molecule has 0 bridgehead atoms. The summed E-state index contributed by atoms with van der Waals surface area (Å²) in [5.41, 5.74) is 5.51. The number of amides is 3. The summed E-state index contributed by atoms with van der Waals surface area (Å²) in [6, 6.07) is -0.0531. The van der Waals surface area contributed by atoms with Gasteiger partial charge >= 0.3 is 0 Å². The van der Waals surface area contributed by atoms with Gasteiger partial charge in [0.2, 0.25) is 17.7 Å². The minimum Gasteiger partial charge on any atom is -0.369 e. The molecule has 3 unspecified atom stereocenters. The highest BCUT2D eigenvalue weighted by atomic mass is 19.1. The summed E-state index contributed by atoms with van der Waals surface area (Å²) in [5, 5.41) is 3.07. The average molecular weight is 367 g/mol. The Bertz CT molecular complexity index is 564. The highest BCUT2D eigenvalue weighted by Crippen LogP contribution is 2.52. The lowest BCUT2D eigenvalue weighted by atomic mass is 9.72. The number of carbonyl (C=O) groups is 3. The van der Waals surface area contributed by atoms with Gasteiger partial charge in [-0.25, -0.2) is 0 Å². The van der Waals surface area contributed by atoms with Gasteiger partial charge in [0.25, 0.3) is 0 Å². The van der Waals surface area contributed by atoms with Gasteiger partial charge in [0.1, 0.15) is 0 Å². The molecule has 1 saturated heterocycles. The van der Waals surface area contributed by atoms with Gasteiger partial charge in [0.05, 0.1) is 6.67 Å². The molecule has 2 saturated carbocycles. The quantitative estimate of drug-likeness (QED) is 0.637. The Morgan fingerprint density at radius 3 is 2.42 bits per heavy atom. The van der Waals surface area contributed by atoms with Crippen molar-refractivity contribution in [3.05, 3.63) is 0 Å². The van der Waals surface area contributed by atoms with Gasteiger partial charge in [-0.15, -0.1) is 0 Å². The van der Waals surface area contributed by atoms with Gasteiger partial charge < -0.3 is 16.0 Å². The molecule has 1 spiro atoms. The lowest BCUT2D eigenvalue weighted by Crippen LogP contribution is -2.56. The van der Waals surface area contributed by atoms with E-state index in [2.05, 4.69) is 5.32 Å². The molecule has 3 N–H and O–H groups in total. The van der Waals surface area contributed by atoms with Crippen LogP contribution in [0.15, 0.2) is 0 Å². The fourth-order valence-corrected chi connectivity index (χ4v) is 4.38. The summed E-state index contributed by atoms with van der Waals surface area (Å²) in [6.07, 6.45) is 6.89. The topological polar surface area (TPSA) is 92.5 Å². The van der Waals surface area contributed by atoms with E-state index < -0.39 is 5.91 Å². The lowest BCUT2D eigenvalue weighted by molar-refractivity contribution is -0.140. The van der Waals surface area contributed by atoms with Crippen LogP contribution < -0.4 is 11.1 Å². The largest absolute Gasteiger partial charge is 0.369 e. The first-order valence-corrected chi connectivity index (χ1v) is 9.87. The smallest absolute Gasteiger partial charge is 0.224 e. The highest BCUT2D eigenvalue weighted by Gasteiger charge is 2.50. The Balaban J connectivity index is 1.52. The van der Waals surface area contributed by atoms with Gasteiger partial charge in [-0.1, -0.05) is 6.42 Å². The molecule has 7 heteroatoms. The third-order valence-corrected chi connectivity index (χ3v) is 6.30. The lowest BCUT2D eigenvalue weighted by Gasteiger charge is -2.40. The van der Waals surface area contributed by atoms with Crippen molar-refractivity contribution in [3.8, 4) is 0 Å². The number of nitrogens with zero attached hydrogens (tertiary/aromatic N) is 1. The molecule has 2 aliphatic carbocycles. The summed E-state index contributed by atoms with van der Waals surface area (Å²) in [4.78, 5) is 38.2. The van der Waals surface area contributed by atoms with E-state index in [0.29, 0.717) is 38.6 Å². The van der Waals surface area contributed by atoms with E-state index in [9.17, 15) is 18.8 Å². The zero-order valence-electron chi connectivity index (χ0n) is 15.3. The normalized spacial score (nSPS) is 29.1. The van der Waals surface area contributed by atoms with E-state index in [0.717, 1.165) is 32.2 Å². The number of nitrogens with two attached hydrogens (primary N) is 1. The minimum absolute atomic E-state index is 0.0531. The third-order valence-electron chi connectivity index (χ3n) is 6.30. The van der Waals surface area contributed by atoms with Crippen molar-refractivity contribution in [2.24, 2.45) is 23.0 Å². The van der Waals surface area contributed by atoms with E-state index in [1.54, 1.807) is 0 Å². The molecule has 0 aromatic rings. The number of hydrogen-bond donors (Lipinski definition) is 2. The molecule has 0 aromatic heterocycles. The van der Waals surface area contributed by atoms with Crippen LogP contribution >= 0.6 is 0 Å². The van der Waals surface area contributed by atoms with Crippen LogP contribution in [0.25, 0.3) is 0 Å². The van der Waals surface area contributed by atoms with Gasteiger partial charge in [-0.05, 0) is 50.4 Å². The summed E-state index contributed by atoms with van der Waals surface area (Å²) in [7, 11) is 0. The predicted molar refractivity (Wildman–Crippen MR) is 94.6 cm³/mol. The molecular formula is C19H30FN3O3. The van der Waals surface area contributed by atoms with Crippen molar-refractivity contribution in [1.29, 1.82) is 0 Å². The predicted octanol–water partition coefficient (Wildman–Crippen LogP) is 1.53. The SMILES string of the molecule is NC(=O)C1CCC1C(=O)NC1CN(C(=O)CCCCCF)CC2(CC2)C1. The number of unbranched alkanes of at least 4 members (excludes halogenated alkanes) is 2. The summed E-state index contributed by atoms with van der Waals surface area (Å²) >= 11 is 0. The van der Waals surface area contributed by atoms with Crippen molar-refractivity contribution in [1.82, 2.24) is 10.2 Å². The Morgan fingerprint density at radius 1 is 1.12 bits per heavy atom. The maximum absolute atomic E-state index is 12.5. The first kappa shape index (κ1) is 19.1. The fourth-order valence-electron chi connectivity index (χ4n) is 4.38. The van der Waals surface area contributed by atoms with Crippen molar-refractivity contribution in [3.63, 3.8) is 0 Å². The van der Waals surface area contributed by atoms with Crippen LogP contribution in [-0.2, 0) is 14.4 Å². The van der Waals surface area contributed by atoms with Gasteiger partial charge in [-0.3, -0.25) is 18.8 Å². The zero-order valence-corrected chi connectivity index (χ0v) is 15.3. The minimum atomic E-state index is -0.399. The molecule has 6 nitrogen and oxygen atoms in total. The van der Waals surface area contributed by atoms with Crippen LogP contribution in [0, 0.1) is 17.3 Å². The number of alkyl halides is 1. The maximum Gasteiger partial charge on any atom is 0.224 e. The average Bonchev–Trinajstić information content (AvgIpc) is 3.27. The van der Waals surface area contributed by atoms with Crippen LogP contribution in [0.3, 0.4) is 0 Å². The molecule has 3 aliphatic rings. The van der Waals surface area contributed by atoms with Crippen molar-refractivity contribution in [2.45, 2.75) is 63.8 Å². The molecule has 26 heavy (non-hydrogen) atoms. The Morgan fingerprint density at radius 2 is 1.85 bits per heavy atom. The van der Waals surface area contributed by atoms with Crippen molar-refractivity contribution < 1.29 is 18.8 Å². The zero-order chi connectivity index (χ0) is 18.7. The van der Waals surface area contributed by atoms with Crippen LogP contribution in [-0.4, -0.2) is 48.4 Å². The van der Waals surface area contributed by atoms with Crippen molar-refractivity contribution >= 4 is 17.7 Å². The van der Waals surface area contributed by atoms with Crippen LogP contribution in [0.2, 0.25) is 0 Å². The van der Waals surface area contributed by atoms with Crippen LogP contribution in [0.1, 0.15) is 57.8 Å². The molecule has 1 heterocycles. The number of carbonyl (C=O) groups excluding carboxylic acids is 3. The number of hydrogen-bond acceptors (Lipinski definition) is 3. The Labute approximate surface area is 154 Å². The number of primary amides is 1. The van der Waals surface area contributed by atoms with Crippen LogP contribution in [0.4, 0.5) is 4.39 Å². The number of likely N-dealkylation sites (tertiary alicyclic amines) is 1. The number of halogens is 1. The highest BCUT2D eigenvalue weighted by molar-refractivity contribution is 5.88. The second kappa shape index (κ2) is 7.92. The monoisotopic (exact) mass is 367 g/mol. The van der Waals surface area contributed by atoms with Crippen LogP contribution in [0.5, 0.6) is 0 Å². The Kier molecular flexibility index (Phi) is 5.82. The molecule has 3 amide bonds.